The quantitative estimate of drug-likeness (QED) is 0.295. The van der Waals surface area contributed by atoms with Crippen LogP contribution in [0.25, 0.3) is 11.6 Å². The highest BCUT2D eigenvalue weighted by atomic mass is 32.2. The van der Waals surface area contributed by atoms with E-state index in [1.54, 1.807) is 41.5 Å². The zero-order chi connectivity index (χ0) is 30.1. The van der Waals surface area contributed by atoms with Crippen molar-refractivity contribution in [2.75, 3.05) is 5.73 Å². The lowest BCUT2D eigenvalue weighted by molar-refractivity contribution is -0.274. The molecule has 40 heavy (non-hydrogen) atoms. The van der Waals surface area contributed by atoms with Gasteiger partial charge in [0.2, 0.25) is 15.7 Å². The van der Waals surface area contributed by atoms with Gasteiger partial charge in [-0.1, -0.05) is 0 Å². The molecule has 0 aliphatic carbocycles. The fraction of sp³-hybridized carbons (Fsp3) is 0.435. The largest absolute Gasteiger partial charge is 0.573 e. The summed E-state index contributed by atoms with van der Waals surface area (Å²) in [7, 11) is -8.26. The monoisotopic (exact) mass is 608 g/mol. The number of anilines is 1. The fourth-order valence-corrected chi connectivity index (χ4v) is 6.02. The molecule has 2 aromatic heterocycles. The number of benzene rings is 1. The first-order valence-corrected chi connectivity index (χ1v) is 14.5. The third-order valence-electron chi connectivity index (χ3n) is 4.36. The van der Waals surface area contributed by atoms with Crippen LogP contribution in [0.4, 0.5) is 18.9 Å². The van der Waals surface area contributed by atoms with Crippen molar-refractivity contribution in [1.29, 1.82) is 0 Å². The number of halogens is 3. The molecule has 220 valence electrons. The maximum absolute atomic E-state index is 13.2. The van der Waals surface area contributed by atoms with Crippen molar-refractivity contribution in [2.24, 2.45) is 0 Å². The molecule has 0 spiro atoms. The lowest BCUT2D eigenvalue weighted by Crippen LogP contribution is -2.24. The molecule has 17 heteroatoms. The second kappa shape index (κ2) is 11.1. The molecule has 1 aromatic carbocycles. The minimum absolute atomic E-state index is 0.0494. The van der Waals surface area contributed by atoms with Crippen LogP contribution in [0.5, 0.6) is 5.75 Å². The number of pyridine rings is 1. The number of nitrogen functional groups attached to an aromatic ring is 1. The first-order valence-electron chi connectivity index (χ1n) is 11.5. The van der Waals surface area contributed by atoms with Crippen molar-refractivity contribution < 1.29 is 48.9 Å². The van der Waals surface area contributed by atoms with E-state index in [9.17, 15) is 26.2 Å². The molecule has 0 fully saturated rings. The second-order valence-corrected chi connectivity index (χ2v) is 13.7. The van der Waals surface area contributed by atoms with Crippen LogP contribution in [0.1, 0.15) is 47.4 Å². The summed E-state index contributed by atoms with van der Waals surface area (Å²) in [6, 6.07) is 4.73. The molecular formula is C23H28F3N4O8PS. The highest BCUT2D eigenvalue weighted by Crippen LogP contribution is 2.55. The Balaban J connectivity index is 1.78. The Labute approximate surface area is 228 Å². The molecule has 0 atom stereocenters. The number of alkyl halides is 3. The minimum Gasteiger partial charge on any atom is -0.417 e. The SMILES string of the molecule is CC(C)(C)OP(=O)(OCc1nnc(-c2ncc(S(=O)(=O)c3ccc(OC(F)(F)F)cc3)cc2N)o1)OC(C)(C)C. The summed E-state index contributed by atoms with van der Waals surface area (Å²) in [5.41, 5.74) is 4.08. The first kappa shape index (κ1) is 31.5. The molecule has 0 aliphatic rings. The predicted molar refractivity (Wildman–Crippen MR) is 135 cm³/mol. The van der Waals surface area contributed by atoms with Crippen LogP contribution in [-0.2, 0) is 34.6 Å². The number of aromatic nitrogens is 3. The number of ether oxygens (including phenoxy) is 1. The smallest absolute Gasteiger partial charge is 0.417 e. The van der Waals surface area contributed by atoms with E-state index in [0.29, 0.717) is 0 Å². The second-order valence-electron chi connectivity index (χ2n) is 10.3. The number of phosphoric ester groups is 1. The van der Waals surface area contributed by atoms with Gasteiger partial charge >= 0.3 is 14.2 Å². The summed E-state index contributed by atoms with van der Waals surface area (Å²) in [4.78, 5) is 3.36. The molecule has 0 bridgehead atoms. The summed E-state index contributed by atoms with van der Waals surface area (Å²) in [6.07, 6.45) is -3.94. The molecule has 0 radical (unpaired) electrons. The molecule has 0 unspecified atom stereocenters. The van der Waals surface area contributed by atoms with Crippen molar-refractivity contribution in [2.45, 2.75) is 75.5 Å². The van der Waals surface area contributed by atoms with E-state index in [2.05, 4.69) is 19.9 Å². The van der Waals surface area contributed by atoms with Crippen LogP contribution in [0.3, 0.4) is 0 Å². The van der Waals surface area contributed by atoms with E-state index in [4.69, 9.17) is 23.7 Å². The number of rotatable bonds is 9. The maximum Gasteiger partial charge on any atom is 0.573 e. The van der Waals surface area contributed by atoms with Gasteiger partial charge in [-0.05, 0) is 71.9 Å². The molecule has 2 heterocycles. The molecule has 0 aliphatic heterocycles. The van der Waals surface area contributed by atoms with Gasteiger partial charge in [-0.3, -0.25) is 13.6 Å². The lowest BCUT2D eigenvalue weighted by atomic mass is 10.2. The number of sulfone groups is 1. The summed E-state index contributed by atoms with van der Waals surface area (Å²) in [5, 5.41) is 7.62. The molecule has 0 saturated heterocycles. The zero-order valence-electron chi connectivity index (χ0n) is 22.3. The lowest BCUT2D eigenvalue weighted by Gasteiger charge is -2.30. The molecule has 2 N–H and O–H groups in total. The number of nitrogens with two attached hydrogens (primary N) is 1. The van der Waals surface area contributed by atoms with Gasteiger partial charge in [0.1, 0.15) is 12.4 Å². The number of hydrogen-bond acceptors (Lipinski definition) is 12. The fourth-order valence-electron chi connectivity index (χ4n) is 3.03. The number of phosphoric acid groups is 1. The Morgan fingerprint density at radius 3 is 2.02 bits per heavy atom. The van der Waals surface area contributed by atoms with Crippen molar-refractivity contribution in [3.8, 4) is 17.3 Å². The van der Waals surface area contributed by atoms with Gasteiger partial charge in [-0.2, -0.15) is 0 Å². The standard InChI is InChI=1S/C23H28F3N4O8PS/c1-21(2,3)37-39(31,38-22(4,5)6)34-13-18-29-30-20(35-18)19-17(27)11-16(12-28-19)40(32,33)15-9-7-14(8-10-15)36-23(24,25)26/h7-12H,13,27H2,1-6H3. The molecule has 3 rings (SSSR count). The third kappa shape index (κ3) is 8.73. The average molecular weight is 609 g/mol. The summed E-state index contributed by atoms with van der Waals surface area (Å²) in [5.74, 6) is -0.886. The van der Waals surface area contributed by atoms with E-state index in [-0.39, 0.29) is 33.0 Å². The van der Waals surface area contributed by atoms with Gasteiger partial charge in [0, 0.05) is 6.20 Å². The van der Waals surface area contributed by atoms with E-state index in [0.717, 1.165) is 36.5 Å². The zero-order valence-corrected chi connectivity index (χ0v) is 24.1. The van der Waals surface area contributed by atoms with Crippen LogP contribution in [0, 0.1) is 0 Å². The number of hydrogen-bond donors (Lipinski definition) is 1. The Morgan fingerprint density at radius 2 is 1.52 bits per heavy atom. The van der Waals surface area contributed by atoms with Crippen LogP contribution in [0.15, 0.2) is 50.7 Å². The van der Waals surface area contributed by atoms with E-state index in [1.165, 1.54) is 0 Å². The first-order chi connectivity index (χ1) is 18.2. The van der Waals surface area contributed by atoms with Crippen LogP contribution in [0.2, 0.25) is 0 Å². The van der Waals surface area contributed by atoms with E-state index < -0.39 is 47.6 Å². The van der Waals surface area contributed by atoms with Crippen LogP contribution < -0.4 is 10.5 Å². The van der Waals surface area contributed by atoms with Crippen molar-refractivity contribution >= 4 is 23.3 Å². The van der Waals surface area contributed by atoms with Crippen molar-refractivity contribution in [3.05, 3.63) is 42.4 Å². The predicted octanol–water partition coefficient (Wildman–Crippen LogP) is 5.70. The number of nitrogens with zero attached hydrogens (tertiary/aromatic N) is 3. The minimum atomic E-state index is -4.92. The maximum atomic E-state index is 13.2. The Morgan fingerprint density at radius 1 is 0.950 bits per heavy atom. The molecule has 12 nitrogen and oxygen atoms in total. The molecule has 3 aromatic rings. The Hall–Kier alpha value is -3.04. The highest BCUT2D eigenvalue weighted by Gasteiger charge is 2.38. The van der Waals surface area contributed by atoms with Gasteiger partial charge in [-0.25, -0.2) is 18.0 Å². The van der Waals surface area contributed by atoms with Crippen molar-refractivity contribution in [1.82, 2.24) is 15.2 Å². The van der Waals surface area contributed by atoms with E-state index in [1.807, 2.05) is 0 Å². The van der Waals surface area contributed by atoms with Gasteiger partial charge in [0.15, 0.2) is 5.69 Å². The van der Waals surface area contributed by atoms with Crippen molar-refractivity contribution in [3.63, 3.8) is 0 Å². The molecular weight excluding hydrogens is 580 g/mol. The Kier molecular flexibility index (Phi) is 8.73. The summed E-state index contributed by atoms with van der Waals surface area (Å²) >= 11 is 0. The Bertz CT molecular complexity index is 1480. The van der Waals surface area contributed by atoms with Gasteiger partial charge < -0.3 is 14.9 Å². The van der Waals surface area contributed by atoms with Gasteiger partial charge in [-0.15, -0.1) is 23.4 Å². The molecule has 0 saturated carbocycles. The highest BCUT2D eigenvalue weighted by molar-refractivity contribution is 7.91. The van der Waals surface area contributed by atoms with Gasteiger partial charge in [0.25, 0.3) is 5.89 Å². The normalized spacial score (nSPS) is 13.4. The van der Waals surface area contributed by atoms with Crippen LogP contribution in [-0.4, -0.2) is 41.2 Å². The average Bonchev–Trinajstić information content (AvgIpc) is 3.23. The topological polar surface area (TPSA) is 166 Å². The van der Waals surface area contributed by atoms with Crippen LogP contribution >= 0.6 is 7.82 Å². The summed E-state index contributed by atoms with van der Waals surface area (Å²) < 4.78 is 102. The van der Waals surface area contributed by atoms with Gasteiger partial charge in [0.05, 0.1) is 26.7 Å². The third-order valence-corrected chi connectivity index (χ3v) is 8.08. The molecule has 0 amide bonds. The van der Waals surface area contributed by atoms with E-state index >= 15 is 0 Å². The summed E-state index contributed by atoms with van der Waals surface area (Å²) in [6.45, 7) is 9.61.